The monoisotopic (exact) mass is 278 g/mol. The molecule has 1 aromatic rings. The van der Waals surface area contributed by atoms with Gasteiger partial charge in [-0.05, 0) is 32.3 Å². The maximum atomic E-state index is 11.6. The number of amides is 1. The summed E-state index contributed by atoms with van der Waals surface area (Å²) in [4.78, 5) is 22.4. The van der Waals surface area contributed by atoms with Gasteiger partial charge in [-0.15, -0.1) is 0 Å². The van der Waals surface area contributed by atoms with Gasteiger partial charge < -0.3 is 10.4 Å². The van der Waals surface area contributed by atoms with Crippen LogP contribution in [0.1, 0.15) is 25.8 Å². The molecule has 1 rings (SSSR count). The van der Waals surface area contributed by atoms with Crippen molar-refractivity contribution >= 4 is 11.9 Å². The Morgan fingerprint density at radius 2 is 1.85 bits per heavy atom. The predicted molar refractivity (Wildman–Crippen MR) is 77.5 cm³/mol. The second kappa shape index (κ2) is 7.65. The second-order valence-corrected chi connectivity index (χ2v) is 5.22. The van der Waals surface area contributed by atoms with E-state index < -0.39 is 11.5 Å². The number of benzene rings is 1. The quantitative estimate of drug-likeness (QED) is 0.624. The van der Waals surface area contributed by atoms with Crippen molar-refractivity contribution in [3.63, 3.8) is 0 Å². The lowest BCUT2D eigenvalue weighted by molar-refractivity contribution is -0.143. The molecule has 0 aliphatic rings. The van der Waals surface area contributed by atoms with Crippen LogP contribution in [0, 0.1) is 0 Å². The van der Waals surface area contributed by atoms with Crippen LogP contribution in [0.5, 0.6) is 0 Å². The molecule has 1 aromatic carbocycles. The average Bonchev–Trinajstić information content (AvgIpc) is 2.42. The van der Waals surface area contributed by atoms with Gasteiger partial charge >= 0.3 is 5.97 Å². The van der Waals surface area contributed by atoms with E-state index in [-0.39, 0.29) is 12.5 Å². The van der Waals surface area contributed by atoms with Crippen molar-refractivity contribution in [2.24, 2.45) is 0 Å². The number of aliphatic carboxylic acids is 1. The van der Waals surface area contributed by atoms with Crippen LogP contribution in [0.2, 0.25) is 0 Å². The molecule has 110 valence electrons. The van der Waals surface area contributed by atoms with Gasteiger partial charge in [0.05, 0.1) is 6.54 Å². The third kappa shape index (κ3) is 5.84. The van der Waals surface area contributed by atoms with Crippen LogP contribution in [0.3, 0.4) is 0 Å². The lowest BCUT2D eigenvalue weighted by Gasteiger charge is -2.20. The molecule has 0 fully saturated rings. The zero-order valence-corrected chi connectivity index (χ0v) is 12.0. The van der Waals surface area contributed by atoms with Crippen molar-refractivity contribution in [3.05, 3.63) is 35.9 Å². The number of hydrogen-bond donors (Lipinski definition) is 3. The highest BCUT2D eigenvalue weighted by Gasteiger charge is 2.26. The molecule has 0 unspecified atom stereocenters. The molecule has 5 nitrogen and oxygen atoms in total. The SMILES string of the molecule is CC(C)(NCC(=O)NCCCc1ccccc1)C(=O)O. The largest absolute Gasteiger partial charge is 0.480 e. The maximum absolute atomic E-state index is 11.6. The van der Waals surface area contributed by atoms with E-state index in [0.717, 1.165) is 12.8 Å². The van der Waals surface area contributed by atoms with Gasteiger partial charge in [0.2, 0.25) is 5.91 Å². The van der Waals surface area contributed by atoms with E-state index in [0.29, 0.717) is 6.54 Å². The molecule has 0 atom stereocenters. The molecule has 1 amide bonds. The Hall–Kier alpha value is -1.88. The molecule has 5 heteroatoms. The summed E-state index contributed by atoms with van der Waals surface area (Å²) in [5.74, 6) is -1.17. The van der Waals surface area contributed by atoms with Gasteiger partial charge in [0, 0.05) is 6.54 Å². The van der Waals surface area contributed by atoms with Gasteiger partial charge in [-0.1, -0.05) is 30.3 Å². The van der Waals surface area contributed by atoms with Crippen LogP contribution in [0.15, 0.2) is 30.3 Å². The average molecular weight is 278 g/mol. The van der Waals surface area contributed by atoms with Crippen molar-refractivity contribution in [2.45, 2.75) is 32.2 Å². The summed E-state index contributed by atoms with van der Waals surface area (Å²) < 4.78 is 0. The summed E-state index contributed by atoms with van der Waals surface area (Å²) >= 11 is 0. The highest BCUT2D eigenvalue weighted by Crippen LogP contribution is 2.02. The number of aryl methyl sites for hydroxylation is 1. The molecule has 0 saturated heterocycles. The molecule has 3 N–H and O–H groups in total. The molecule has 0 spiro atoms. The molecule has 20 heavy (non-hydrogen) atoms. The number of carboxylic acids is 1. The Labute approximate surface area is 119 Å². The summed E-state index contributed by atoms with van der Waals surface area (Å²) in [6, 6.07) is 10.1. The van der Waals surface area contributed by atoms with Crippen molar-refractivity contribution in [3.8, 4) is 0 Å². The van der Waals surface area contributed by atoms with E-state index >= 15 is 0 Å². The van der Waals surface area contributed by atoms with E-state index in [4.69, 9.17) is 5.11 Å². The minimum Gasteiger partial charge on any atom is -0.480 e. The first-order chi connectivity index (χ1) is 9.42. The molecule has 0 aromatic heterocycles. The Morgan fingerprint density at radius 3 is 2.45 bits per heavy atom. The normalized spacial score (nSPS) is 11.1. The minimum atomic E-state index is -1.10. The highest BCUT2D eigenvalue weighted by atomic mass is 16.4. The van der Waals surface area contributed by atoms with Crippen molar-refractivity contribution in [1.82, 2.24) is 10.6 Å². The zero-order chi connectivity index (χ0) is 15.0. The summed E-state index contributed by atoms with van der Waals surface area (Å²) in [5, 5.41) is 14.4. The fourth-order valence-electron chi connectivity index (χ4n) is 1.60. The van der Waals surface area contributed by atoms with Crippen molar-refractivity contribution in [1.29, 1.82) is 0 Å². The van der Waals surface area contributed by atoms with Gasteiger partial charge in [0.1, 0.15) is 5.54 Å². The van der Waals surface area contributed by atoms with Crippen LogP contribution < -0.4 is 10.6 Å². The van der Waals surface area contributed by atoms with Gasteiger partial charge in [-0.25, -0.2) is 0 Å². The number of hydrogen-bond acceptors (Lipinski definition) is 3. The standard InChI is InChI=1S/C15H22N2O3/c1-15(2,14(19)20)17-11-13(18)16-10-6-9-12-7-4-3-5-8-12/h3-5,7-8,17H,6,9-11H2,1-2H3,(H,16,18)(H,19,20). The maximum Gasteiger partial charge on any atom is 0.323 e. The number of rotatable bonds is 8. The Bertz CT molecular complexity index is 444. The van der Waals surface area contributed by atoms with Gasteiger partial charge in [-0.3, -0.25) is 14.9 Å². The Morgan fingerprint density at radius 1 is 1.20 bits per heavy atom. The van der Waals surface area contributed by atoms with E-state index in [1.165, 1.54) is 19.4 Å². The molecular weight excluding hydrogens is 256 g/mol. The summed E-state index contributed by atoms with van der Waals surface area (Å²) in [7, 11) is 0. The topological polar surface area (TPSA) is 78.4 Å². The van der Waals surface area contributed by atoms with Crippen LogP contribution in [-0.4, -0.2) is 35.6 Å². The first-order valence-electron chi connectivity index (χ1n) is 6.71. The van der Waals surface area contributed by atoms with E-state index in [2.05, 4.69) is 22.8 Å². The van der Waals surface area contributed by atoms with E-state index in [1.807, 2.05) is 18.2 Å². The van der Waals surface area contributed by atoms with Gasteiger partial charge in [-0.2, -0.15) is 0 Å². The van der Waals surface area contributed by atoms with Gasteiger partial charge in [0.25, 0.3) is 0 Å². The minimum absolute atomic E-state index is 0.00460. The first-order valence-corrected chi connectivity index (χ1v) is 6.71. The van der Waals surface area contributed by atoms with Crippen LogP contribution in [-0.2, 0) is 16.0 Å². The molecule has 0 radical (unpaired) electrons. The molecule has 0 aliphatic heterocycles. The smallest absolute Gasteiger partial charge is 0.323 e. The number of carbonyl (C=O) groups excluding carboxylic acids is 1. The van der Waals surface area contributed by atoms with Crippen molar-refractivity contribution < 1.29 is 14.7 Å². The molecule has 0 aliphatic carbocycles. The third-order valence-electron chi connectivity index (χ3n) is 3.03. The fraction of sp³-hybridized carbons (Fsp3) is 0.467. The Balaban J connectivity index is 2.16. The van der Waals surface area contributed by atoms with E-state index in [1.54, 1.807) is 0 Å². The number of carbonyl (C=O) groups is 2. The number of carboxylic acid groups (broad SMARTS) is 1. The zero-order valence-electron chi connectivity index (χ0n) is 12.0. The fourth-order valence-corrected chi connectivity index (χ4v) is 1.60. The lowest BCUT2D eigenvalue weighted by Crippen LogP contribution is -2.50. The molecule has 0 heterocycles. The van der Waals surface area contributed by atoms with Crippen molar-refractivity contribution in [2.75, 3.05) is 13.1 Å². The lowest BCUT2D eigenvalue weighted by atomic mass is 10.1. The number of nitrogens with one attached hydrogen (secondary N) is 2. The molecule has 0 saturated carbocycles. The first kappa shape index (κ1) is 16.2. The summed E-state index contributed by atoms with van der Waals surface area (Å²) in [6.07, 6.45) is 1.77. The predicted octanol–water partition coefficient (Wildman–Crippen LogP) is 1.19. The summed E-state index contributed by atoms with van der Waals surface area (Å²) in [6.45, 7) is 3.64. The second-order valence-electron chi connectivity index (χ2n) is 5.22. The molecular formula is C15H22N2O3. The highest BCUT2D eigenvalue weighted by molar-refractivity contribution is 5.81. The van der Waals surface area contributed by atoms with Crippen LogP contribution in [0.25, 0.3) is 0 Å². The Kier molecular flexibility index (Phi) is 6.18. The summed E-state index contributed by atoms with van der Waals surface area (Å²) in [5.41, 5.74) is 0.147. The van der Waals surface area contributed by atoms with Crippen LogP contribution in [0.4, 0.5) is 0 Å². The molecule has 0 bridgehead atoms. The van der Waals surface area contributed by atoms with E-state index in [9.17, 15) is 9.59 Å². The third-order valence-corrected chi connectivity index (χ3v) is 3.03. The van der Waals surface area contributed by atoms with Crippen LogP contribution >= 0.6 is 0 Å². The van der Waals surface area contributed by atoms with Gasteiger partial charge in [0.15, 0.2) is 0 Å².